The first-order chi connectivity index (χ1) is 13.5. The van der Waals surface area contributed by atoms with Crippen LogP contribution >= 0.6 is 15.9 Å². The van der Waals surface area contributed by atoms with Crippen molar-refractivity contribution in [2.24, 2.45) is 0 Å². The van der Waals surface area contributed by atoms with E-state index in [0.717, 1.165) is 10.0 Å². The lowest BCUT2D eigenvalue weighted by atomic mass is 9.84. The van der Waals surface area contributed by atoms with E-state index in [1.54, 1.807) is 25.2 Å². The van der Waals surface area contributed by atoms with E-state index in [9.17, 15) is 9.59 Å². The summed E-state index contributed by atoms with van der Waals surface area (Å²) in [7, 11) is 3.11. The minimum Gasteiger partial charge on any atom is -0.493 e. The molecular weight excluding hydrogens is 426 g/mol. The van der Waals surface area contributed by atoms with Gasteiger partial charge in [-0.1, -0.05) is 28.1 Å². The van der Waals surface area contributed by atoms with Crippen molar-refractivity contribution in [3.05, 3.63) is 63.8 Å². The minimum absolute atomic E-state index is 0.0796. The fourth-order valence-corrected chi connectivity index (χ4v) is 4.11. The molecule has 0 saturated heterocycles. The van der Waals surface area contributed by atoms with Gasteiger partial charge in [0.15, 0.2) is 11.5 Å². The molecule has 2 aromatic rings. The van der Waals surface area contributed by atoms with E-state index in [-0.39, 0.29) is 30.8 Å². The van der Waals surface area contributed by atoms with Crippen LogP contribution in [0.15, 0.2) is 58.2 Å². The maximum absolute atomic E-state index is 13.1. The van der Waals surface area contributed by atoms with Crippen LogP contribution in [0.4, 0.5) is 5.69 Å². The summed E-state index contributed by atoms with van der Waals surface area (Å²) in [4.78, 5) is 27.2. The van der Waals surface area contributed by atoms with Crippen molar-refractivity contribution in [1.29, 1.82) is 0 Å². The number of hydrogen-bond donors (Lipinski definition) is 0. The van der Waals surface area contributed by atoms with Gasteiger partial charge in [-0.3, -0.25) is 9.69 Å². The van der Waals surface area contributed by atoms with E-state index in [2.05, 4.69) is 15.9 Å². The smallest absolute Gasteiger partial charge is 0.336 e. The molecule has 0 saturated carbocycles. The van der Waals surface area contributed by atoms with Crippen LogP contribution in [0.2, 0.25) is 0 Å². The molecule has 0 radical (unpaired) electrons. The number of halogens is 1. The normalized spacial score (nSPS) is 18.8. The van der Waals surface area contributed by atoms with Crippen molar-refractivity contribution >= 4 is 33.5 Å². The second-order valence-corrected chi connectivity index (χ2v) is 7.43. The molecule has 0 fully saturated rings. The second-order valence-electron chi connectivity index (χ2n) is 6.52. The molecule has 1 amide bonds. The molecule has 0 bridgehead atoms. The number of anilines is 1. The minimum atomic E-state index is -0.388. The molecule has 7 heteroatoms. The first-order valence-corrected chi connectivity index (χ1v) is 9.53. The fraction of sp³-hybridized carbons (Fsp3) is 0.238. The number of carbonyl (C=O) groups is 2. The Morgan fingerprint density at radius 3 is 2.57 bits per heavy atom. The number of amides is 1. The molecule has 4 rings (SSSR count). The van der Waals surface area contributed by atoms with Gasteiger partial charge in [0.2, 0.25) is 5.91 Å². The quantitative estimate of drug-likeness (QED) is 0.672. The highest BCUT2D eigenvalue weighted by atomic mass is 79.9. The zero-order valence-electron chi connectivity index (χ0n) is 15.4. The molecule has 28 heavy (non-hydrogen) atoms. The van der Waals surface area contributed by atoms with Crippen molar-refractivity contribution in [2.45, 2.75) is 12.3 Å². The van der Waals surface area contributed by atoms with Crippen molar-refractivity contribution in [3.8, 4) is 11.5 Å². The van der Waals surface area contributed by atoms with Gasteiger partial charge in [0.05, 0.1) is 25.5 Å². The third kappa shape index (κ3) is 3.05. The Bertz CT molecular complexity index is 1000. The lowest BCUT2D eigenvalue weighted by Crippen LogP contribution is -2.37. The van der Waals surface area contributed by atoms with Gasteiger partial charge in [0.1, 0.15) is 6.61 Å². The largest absolute Gasteiger partial charge is 0.493 e. The Morgan fingerprint density at radius 1 is 1.07 bits per heavy atom. The molecule has 6 nitrogen and oxygen atoms in total. The maximum Gasteiger partial charge on any atom is 0.336 e. The van der Waals surface area contributed by atoms with E-state index >= 15 is 0 Å². The van der Waals surface area contributed by atoms with Gasteiger partial charge in [0.25, 0.3) is 0 Å². The van der Waals surface area contributed by atoms with Crippen LogP contribution in [0.25, 0.3) is 0 Å². The van der Waals surface area contributed by atoms with Gasteiger partial charge in [-0.2, -0.15) is 0 Å². The molecule has 0 spiro atoms. The number of benzene rings is 2. The summed E-state index contributed by atoms with van der Waals surface area (Å²) in [6.45, 7) is 0.0796. The summed E-state index contributed by atoms with van der Waals surface area (Å²) in [5.74, 6) is 0.278. The predicted octanol–water partition coefficient (Wildman–Crippen LogP) is 3.80. The highest BCUT2D eigenvalue weighted by molar-refractivity contribution is 9.10. The zero-order chi connectivity index (χ0) is 19.8. The number of carbonyl (C=O) groups excluding carboxylic acids is 2. The molecule has 0 aromatic heterocycles. The predicted molar refractivity (Wildman–Crippen MR) is 107 cm³/mol. The van der Waals surface area contributed by atoms with Crippen LogP contribution < -0.4 is 14.4 Å². The highest BCUT2D eigenvalue weighted by Gasteiger charge is 2.43. The van der Waals surface area contributed by atoms with Crippen LogP contribution in [-0.4, -0.2) is 32.7 Å². The molecule has 2 heterocycles. The van der Waals surface area contributed by atoms with E-state index in [1.165, 1.54) is 0 Å². The van der Waals surface area contributed by atoms with Crippen molar-refractivity contribution in [2.75, 3.05) is 25.7 Å². The van der Waals surface area contributed by atoms with Crippen molar-refractivity contribution < 1.29 is 23.8 Å². The van der Waals surface area contributed by atoms with Gasteiger partial charge < -0.3 is 14.2 Å². The van der Waals surface area contributed by atoms with Crippen molar-refractivity contribution in [3.63, 3.8) is 0 Å². The summed E-state index contributed by atoms with van der Waals surface area (Å²) in [5.41, 5.74) is 2.63. The van der Waals surface area contributed by atoms with E-state index in [0.29, 0.717) is 28.5 Å². The van der Waals surface area contributed by atoms with E-state index in [1.807, 2.05) is 36.4 Å². The molecule has 2 aliphatic rings. The molecular formula is C21H18BrNO5. The van der Waals surface area contributed by atoms with Crippen LogP contribution in [0.3, 0.4) is 0 Å². The van der Waals surface area contributed by atoms with Gasteiger partial charge in [-0.15, -0.1) is 0 Å². The Labute approximate surface area is 170 Å². The number of cyclic esters (lactones) is 1. The number of hydrogen-bond acceptors (Lipinski definition) is 5. The molecule has 1 atom stereocenters. The topological polar surface area (TPSA) is 65.1 Å². The number of ether oxygens (including phenoxy) is 3. The molecule has 0 unspecified atom stereocenters. The van der Waals surface area contributed by atoms with Gasteiger partial charge in [0, 0.05) is 22.5 Å². The average molecular weight is 444 g/mol. The van der Waals surface area contributed by atoms with E-state index in [4.69, 9.17) is 14.2 Å². The number of methoxy groups -OCH3 is 2. The third-order valence-electron chi connectivity index (χ3n) is 4.99. The highest BCUT2D eigenvalue weighted by Crippen LogP contribution is 2.43. The third-order valence-corrected chi connectivity index (χ3v) is 5.49. The molecule has 2 aromatic carbocycles. The number of nitrogens with zero attached hydrogens (tertiary/aromatic N) is 1. The molecule has 144 valence electrons. The average Bonchev–Trinajstić information content (AvgIpc) is 3.08. The Morgan fingerprint density at radius 2 is 1.86 bits per heavy atom. The SMILES string of the molecule is COc1ccc([C@@H]2CC(=O)N(c3cccc(Br)c3)C3=C2C(=O)OC3)cc1OC. The lowest BCUT2D eigenvalue weighted by molar-refractivity contribution is -0.136. The first kappa shape index (κ1) is 18.6. The van der Waals surface area contributed by atoms with Gasteiger partial charge >= 0.3 is 5.97 Å². The summed E-state index contributed by atoms with van der Waals surface area (Å²) in [6, 6.07) is 12.9. The second kappa shape index (κ2) is 7.31. The Hall–Kier alpha value is -2.80. The summed E-state index contributed by atoms with van der Waals surface area (Å²) in [5, 5.41) is 0. The monoisotopic (exact) mass is 443 g/mol. The van der Waals surface area contributed by atoms with Crippen LogP contribution in [-0.2, 0) is 14.3 Å². The molecule has 0 aliphatic carbocycles. The standard InChI is InChI=1S/C21H18BrNO5/c1-26-17-7-6-12(8-18(17)27-2)15-10-19(24)23(14-5-3-4-13(22)9-14)16-11-28-21(25)20(15)16/h3-9,15H,10-11H2,1-2H3/t15-/m0/s1. The first-order valence-electron chi connectivity index (χ1n) is 8.74. The van der Waals surface area contributed by atoms with Crippen LogP contribution in [0.5, 0.6) is 11.5 Å². The Balaban J connectivity index is 1.81. The number of rotatable bonds is 4. The lowest BCUT2D eigenvalue weighted by Gasteiger charge is -2.32. The van der Waals surface area contributed by atoms with E-state index < -0.39 is 0 Å². The maximum atomic E-state index is 13.1. The van der Waals surface area contributed by atoms with Crippen molar-refractivity contribution in [1.82, 2.24) is 0 Å². The molecule has 0 N–H and O–H groups in total. The zero-order valence-corrected chi connectivity index (χ0v) is 17.0. The molecule has 2 aliphatic heterocycles. The van der Waals surface area contributed by atoms with Crippen LogP contribution in [0, 0.1) is 0 Å². The summed E-state index contributed by atoms with van der Waals surface area (Å²) >= 11 is 3.43. The van der Waals surface area contributed by atoms with Crippen LogP contribution in [0.1, 0.15) is 17.9 Å². The summed E-state index contributed by atoms with van der Waals surface area (Å²) < 4.78 is 16.8. The number of esters is 1. The Kier molecular flexibility index (Phi) is 4.85. The fourth-order valence-electron chi connectivity index (χ4n) is 3.72. The summed E-state index contributed by atoms with van der Waals surface area (Å²) in [6.07, 6.45) is 0.163. The van der Waals surface area contributed by atoms with Gasteiger partial charge in [-0.25, -0.2) is 4.79 Å². The van der Waals surface area contributed by atoms with Gasteiger partial charge in [-0.05, 0) is 35.9 Å².